The normalized spacial score (nSPS) is 20.8. The van der Waals surface area contributed by atoms with Crippen molar-refractivity contribution in [1.29, 1.82) is 0 Å². The van der Waals surface area contributed by atoms with Crippen LogP contribution in [0.4, 0.5) is 0 Å². The van der Waals surface area contributed by atoms with Gasteiger partial charge in [-0.2, -0.15) is 0 Å². The molecule has 2 N–H and O–H groups in total. The fourth-order valence-corrected chi connectivity index (χ4v) is 0.980. The minimum atomic E-state index is -0.262. The third kappa shape index (κ3) is 2.33. The van der Waals surface area contributed by atoms with Gasteiger partial charge in [0.2, 0.25) is 5.91 Å². The van der Waals surface area contributed by atoms with Crippen molar-refractivity contribution in [2.24, 2.45) is 5.73 Å². The summed E-state index contributed by atoms with van der Waals surface area (Å²) >= 11 is 0. The van der Waals surface area contributed by atoms with E-state index in [0.717, 1.165) is 13.1 Å². The lowest BCUT2D eigenvalue weighted by atomic mass is 10.4. The minimum Gasteiger partial charge on any atom is -0.379 e. The molecule has 0 spiro atoms. The molecule has 0 aromatic rings. The van der Waals surface area contributed by atoms with E-state index in [9.17, 15) is 4.79 Å². The quantitative estimate of drug-likeness (QED) is 0.546. The molecule has 4 nitrogen and oxygen atoms in total. The molecule has 1 rings (SSSR count). The van der Waals surface area contributed by atoms with Crippen LogP contribution in [0, 0.1) is 0 Å². The molecule has 1 saturated heterocycles. The SMILES string of the molecule is NC(=O)CN1CCOCC1.[HH]. The maximum atomic E-state index is 10.4. The zero-order valence-corrected chi connectivity index (χ0v) is 5.88. The van der Waals surface area contributed by atoms with Crippen LogP contribution < -0.4 is 5.73 Å². The lowest BCUT2D eigenvalue weighted by molar-refractivity contribution is -0.120. The number of ether oxygens (including phenoxy) is 1. The van der Waals surface area contributed by atoms with Crippen LogP contribution in [-0.4, -0.2) is 43.7 Å². The van der Waals surface area contributed by atoms with Crippen molar-refractivity contribution in [2.75, 3.05) is 32.8 Å². The van der Waals surface area contributed by atoms with Crippen molar-refractivity contribution in [3.8, 4) is 0 Å². The van der Waals surface area contributed by atoms with E-state index in [2.05, 4.69) is 0 Å². The Morgan fingerprint density at radius 1 is 1.60 bits per heavy atom. The first-order valence-corrected chi connectivity index (χ1v) is 3.37. The van der Waals surface area contributed by atoms with Gasteiger partial charge in [-0.15, -0.1) is 0 Å². The van der Waals surface area contributed by atoms with Crippen LogP contribution in [0.1, 0.15) is 1.43 Å². The number of hydrogen-bond acceptors (Lipinski definition) is 3. The Morgan fingerprint density at radius 2 is 2.20 bits per heavy atom. The number of morpholine rings is 1. The highest BCUT2D eigenvalue weighted by Gasteiger charge is 2.11. The van der Waals surface area contributed by atoms with Crippen LogP contribution in [0.2, 0.25) is 0 Å². The summed E-state index contributed by atoms with van der Waals surface area (Å²) in [6.45, 7) is 3.44. The van der Waals surface area contributed by atoms with Gasteiger partial charge in [0, 0.05) is 14.5 Å². The summed E-state index contributed by atoms with van der Waals surface area (Å²) in [6.07, 6.45) is 0. The van der Waals surface area contributed by atoms with Crippen LogP contribution in [-0.2, 0) is 9.53 Å². The topological polar surface area (TPSA) is 55.6 Å². The molecule has 0 aromatic carbocycles. The molecule has 0 aliphatic carbocycles. The van der Waals surface area contributed by atoms with E-state index in [1.54, 1.807) is 0 Å². The van der Waals surface area contributed by atoms with Gasteiger partial charge >= 0.3 is 0 Å². The Hall–Kier alpha value is -0.610. The first kappa shape index (κ1) is 7.50. The second-order valence-electron chi connectivity index (χ2n) is 2.35. The Labute approximate surface area is 61.4 Å². The van der Waals surface area contributed by atoms with E-state index in [-0.39, 0.29) is 7.33 Å². The van der Waals surface area contributed by atoms with Crippen molar-refractivity contribution >= 4 is 5.91 Å². The van der Waals surface area contributed by atoms with Gasteiger partial charge in [0.05, 0.1) is 19.8 Å². The molecule has 0 aromatic heterocycles. The van der Waals surface area contributed by atoms with Crippen molar-refractivity contribution in [1.82, 2.24) is 4.90 Å². The number of carbonyl (C=O) groups excluding carboxylic acids is 1. The van der Waals surface area contributed by atoms with E-state index >= 15 is 0 Å². The van der Waals surface area contributed by atoms with Crippen molar-refractivity contribution < 1.29 is 11.0 Å². The fraction of sp³-hybridized carbons (Fsp3) is 0.833. The van der Waals surface area contributed by atoms with Gasteiger partial charge in [0.1, 0.15) is 0 Å². The number of rotatable bonds is 2. The maximum absolute atomic E-state index is 10.4. The monoisotopic (exact) mass is 146 g/mol. The predicted octanol–water partition coefficient (Wildman–Crippen LogP) is -0.950. The van der Waals surface area contributed by atoms with E-state index in [1.807, 2.05) is 4.90 Å². The number of nitrogens with two attached hydrogens (primary N) is 1. The molecule has 0 saturated carbocycles. The number of hydrogen-bond donors (Lipinski definition) is 1. The van der Waals surface area contributed by atoms with Gasteiger partial charge in [-0.1, -0.05) is 0 Å². The van der Waals surface area contributed by atoms with E-state index < -0.39 is 0 Å². The number of primary amides is 1. The molecule has 10 heavy (non-hydrogen) atoms. The second-order valence-corrected chi connectivity index (χ2v) is 2.35. The zero-order chi connectivity index (χ0) is 7.40. The summed E-state index contributed by atoms with van der Waals surface area (Å²) in [5, 5.41) is 0. The summed E-state index contributed by atoms with van der Waals surface area (Å²) in [7, 11) is 0. The van der Waals surface area contributed by atoms with Crippen LogP contribution in [0.3, 0.4) is 0 Å². The first-order chi connectivity index (χ1) is 4.79. The third-order valence-electron chi connectivity index (χ3n) is 1.48. The average Bonchev–Trinajstić information content (AvgIpc) is 1.88. The van der Waals surface area contributed by atoms with Crippen molar-refractivity contribution in [3.05, 3.63) is 0 Å². The van der Waals surface area contributed by atoms with Gasteiger partial charge in [-0.3, -0.25) is 9.69 Å². The molecule has 60 valence electrons. The molecular weight excluding hydrogens is 132 g/mol. The van der Waals surface area contributed by atoms with Crippen LogP contribution in [0.5, 0.6) is 0 Å². The van der Waals surface area contributed by atoms with Crippen LogP contribution in [0.25, 0.3) is 0 Å². The summed E-state index contributed by atoms with van der Waals surface area (Å²) in [5.74, 6) is -0.262. The molecule has 1 heterocycles. The molecule has 1 aliphatic heterocycles. The number of nitrogens with zero attached hydrogens (tertiary/aromatic N) is 1. The number of carbonyl (C=O) groups is 1. The van der Waals surface area contributed by atoms with E-state index in [1.165, 1.54) is 0 Å². The van der Waals surface area contributed by atoms with Crippen molar-refractivity contribution in [2.45, 2.75) is 0 Å². The molecule has 0 bridgehead atoms. The maximum Gasteiger partial charge on any atom is 0.231 e. The molecule has 0 atom stereocenters. The standard InChI is InChI=1S/C6H12N2O2.H2/c7-6(9)5-8-1-3-10-4-2-8;/h1-5H2,(H2,7,9);1H. The molecule has 1 aliphatic rings. The largest absolute Gasteiger partial charge is 0.379 e. The van der Waals surface area contributed by atoms with Crippen LogP contribution >= 0.6 is 0 Å². The minimum absolute atomic E-state index is 0. The van der Waals surface area contributed by atoms with Crippen LogP contribution in [0.15, 0.2) is 0 Å². The van der Waals surface area contributed by atoms with Gasteiger partial charge in [0.25, 0.3) is 0 Å². The highest BCUT2D eigenvalue weighted by molar-refractivity contribution is 5.75. The van der Waals surface area contributed by atoms with Gasteiger partial charge in [-0.05, 0) is 0 Å². The molecule has 0 unspecified atom stereocenters. The highest BCUT2D eigenvalue weighted by Crippen LogP contribution is 1.94. The second kappa shape index (κ2) is 3.53. The predicted molar refractivity (Wildman–Crippen MR) is 38.6 cm³/mol. The summed E-state index contributed by atoms with van der Waals surface area (Å²) in [6, 6.07) is 0. The first-order valence-electron chi connectivity index (χ1n) is 3.37. The Morgan fingerprint density at radius 3 is 2.70 bits per heavy atom. The van der Waals surface area contributed by atoms with Gasteiger partial charge in [-0.25, -0.2) is 0 Å². The lowest BCUT2D eigenvalue weighted by Gasteiger charge is -2.24. The summed E-state index contributed by atoms with van der Waals surface area (Å²) < 4.78 is 5.09. The molecule has 1 fully saturated rings. The molecule has 0 radical (unpaired) electrons. The van der Waals surface area contributed by atoms with Gasteiger partial charge < -0.3 is 10.5 Å². The lowest BCUT2D eigenvalue weighted by Crippen LogP contribution is -2.41. The molecule has 4 heteroatoms. The summed E-state index contributed by atoms with van der Waals surface area (Å²) in [4.78, 5) is 12.4. The van der Waals surface area contributed by atoms with Crippen molar-refractivity contribution in [3.63, 3.8) is 0 Å². The Balaban J connectivity index is 0.000001000. The Bertz CT molecular complexity index is 126. The van der Waals surface area contributed by atoms with E-state index in [4.69, 9.17) is 10.5 Å². The zero-order valence-electron chi connectivity index (χ0n) is 5.88. The third-order valence-corrected chi connectivity index (χ3v) is 1.48. The molecular formula is C6H14N2O2. The Kier molecular flexibility index (Phi) is 2.65. The average molecular weight is 146 g/mol. The highest BCUT2D eigenvalue weighted by atomic mass is 16.5. The smallest absolute Gasteiger partial charge is 0.231 e. The summed E-state index contributed by atoms with van der Waals surface area (Å²) in [5.41, 5.74) is 5.00. The fourth-order valence-electron chi connectivity index (χ4n) is 0.980. The molecule has 1 amide bonds. The van der Waals surface area contributed by atoms with E-state index in [0.29, 0.717) is 19.8 Å². The van der Waals surface area contributed by atoms with Gasteiger partial charge in [0.15, 0.2) is 0 Å². The number of amides is 1.